The smallest absolute Gasteiger partial charge is 0.242 e. The van der Waals surface area contributed by atoms with Crippen LogP contribution in [0.15, 0.2) is 35.3 Å². The van der Waals surface area contributed by atoms with Crippen LogP contribution in [0.2, 0.25) is 0 Å². The molecule has 7 nitrogen and oxygen atoms in total. The number of nitrogens with one attached hydrogen (secondary N) is 2. The van der Waals surface area contributed by atoms with Crippen LogP contribution in [0.5, 0.6) is 0 Å². The van der Waals surface area contributed by atoms with Crippen molar-refractivity contribution in [2.45, 2.75) is 32.9 Å². The first kappa shape index (κ1) is 16.7. The molecule has 0 saturated carbocycles. The molecule has 1 heterocycles. The molecule has 0 saturated heterocycles. The SMILES string of the molecule is CCCNC(=O)[C@@H](C)NC(=O)Cn1ncc(=O)c2ccccc21. The van der Waals surface area contributed by atoms with Gasteiger partial charge in [0.25, 0.3) is 0 Å². The van der Waals surface area contributed by atoms with Crippen molar-refractivity contribution in [3.05, 3.63) is 40.7 Å². The molecule has 0 fully saturated rings. The summed E-state index contributed by atoms with van der Waals surface area (Å²) in [5.41, 5.74) is 0.391. The third-order valence-electron chi connectivity index (χ3n) is 3.38. The van der Waals surface area contributed by atoms with E-state index >= 15 is 0 Å². The standard InChI is InChI=1S/C16H20N4O3/c1-3-8-17-16(23)11(2)19-15(22)10-20-13-7-5-4-6-12(13)14(21)9-18-20/h4-7,9,11H,3,8,10H2,1-2H3,(H,17,23)(H,19,22)/t11-/m1/s1. The maximum atomic E-state index is 12.1. The van der Waals surface area contributed by atoms with Gasteiger partial charge in [0.05, 0.1) is 11.7 Å². The van der Waals surface area contributed by atoms with E-state index in [2.05, 4.69) is 15.7 Å². The maximum absolute atomic E-state index is 12.1. The van der Waals surface area contributed by atoms with Gasteiger partial charge in [-0.05, 0) is 25.5 Å². The van der Waals surface area contributed by atoms with Crippen LogP contribution in [-0.4, -0.2) is 34.2 Å². The van der Waals surface area contributed by atoms with Crippen molar-refractivity contribution in [2.24, 2.45) is 0 Å². The fourth-order valence-electron chi connectivity index (χ4n) is 2.18. The number of para-hydroxylation sites is 1. The molecule has 0 aliphatic heterocycles. The van der Waals surface area contributed by atoms with Gasteiger partial charge in [0.1, 0.15) is 12.6 Å². The summed E-state index contributed by atoms with van der Waals surface area (Å²) in [4.78, 5) is 35.6. The number of amides is 2. The number of fused-ring (bicyclic) bond motifs is 1. The van der Waals surface area contributed by atoms with Crippen molar-refractivity contribution in [3.8, 4) is 0 Å². The molecule has 2 N–H and O–H groups in total. The van der Waals surface area contributed by atoms with Gasteiger partial charge in [-0.1, -0.05) is 19.1 Å². The van der Waals surface area contributed by atoms with Crippen molar-refractivity contribution in [1.82, 2.24) is 20.4 Å². The normalized spacial score (nSPS) is 11.9. The van der Waals surface area contributed by atoms with E-state index in [4.69, 9.17) is 0 Å². The Labute approximate surface area is 133 Å². The molecule has 1 aromatic carbocycles. The van der Waals surface area contributed by atoms with Gasteiger partial charge in [-0.3, -0.25) is 19.1 Å². The molecule has 2 rings (SSSR count). The highest BCUT2D eigenvalue weighted by atomic mass is 16.2. The van der Waals surface area contributed by atoms with E-state index in [1.807, 2.05) is 6.92 Å². The largest absolute Gasteiger partial charge is 0.354 e. The lowest BCUT2D eigenvalue weighted by molar-refractivity contribution is -0.128. The van der Waals surface area contributed by atoms with Gasteiger partial charge in [-0.25, -0.2) is 0 Å². The molecular weight excluding hydrogens is 296 g/mol. The Morgan fingerprint density at radius 2 is 2.04 bits per heavy atom. The van der Waals surface area contributed by atoms with Gasteiger partial charge in [0, 0.05) is 11.9 Å². The highest BCUT2D eigenvalue weighted by Crippen LogP contribution is 2.07. The van der Waals surface area contributed by atoms with Gasteiger partial charge in [-0.2, -0.15) is 5.10 Å². The highest BCUT2D eigenvalue weighted by molar-refractivity contribution is 5.87. The zero-order chi connectivity index (χ0) is 16.8. The molecule has 0 unspecified atom stereocenters. The van der Waals surface area contributed by atoms with Gasteiger partial charge < -0.3 is 10.6 Å². The molecule has 0 bridgehead atoms. The van der Waals surface area contributed by atoms with Gasteiger partial charge in [0.15, 0.2) is 0 Å². The molecule has 7 heteroatoms. The first-order valence-corrected chi connectivity index (χ1v) is 7.55. The lowest BCUT2D eigenvalue weighted by Gasteiger charge is -2.15. The Balaban J connectivity index is 2.08. The number of benzene rings is 1. The monoisotopic (exact) mass is 316 g/mol. The topological polar surface area (TPSA) is 93.1 Å². The van der Waals surface area contributed by atoms with Crippen molar-refractivity contribution >= 4 is 22.7 Å². The Hall–Kier alpha value is -2.70. The Bertz CT molecular complexity index is 769. The second-order valence-electron chi connectivity index (χ2n) is 5.26. The molecule has 1 atom stereocenters. The lowest BCUT2D eigenvalue weighted by Crippen LogP contribution is -2.46. The van der Waals surface area contributed by atoms with Crippen LogP contribution in [0, 0.1) is 0 Å². The summed E-state index contributed by atoms with van der Waals surface area (Å²) < 4.78 is 1.45. The Morgan fingerprint density at radius 1 is 1.30 bits per heavy atom. The second kappa shape index (κ2) is 7.53. The molecule has 2 amide bonds. The van der Waals surface area contributed by atoms with Crippen LogP contribution >= 0.6 is 0 Å². The molecule has 0 radical (unpaired) electrons. The summed E-state index contributed by atoms with van der Waals surface area (Å²) in [6.07, 6.45) is 2.02. The average molecular weight is 316 g/mol. The fourth-order valence-corrected chi connectivity index (χ4v) is 2.18. The number of hydrogen-bond donors (Lipinski definition) is 2. The number of carbonyl (C=O) groups is 2. The summed E-state index contributed by atoms with van der Waals surface area (Å²) in [5, 5.41) is 9.84. The molecule has 23 heavy (non-hydrogen) atoms. The molecule has 0 spiro atoms. The summed E-state index contributed by atoms with van der Waals surface area (Å²) in [6.45, 7) is 4.09. The second-order valence-corrected chi connectivity index (χ2v) is 5.26. The average Bonchev–Trinajstić information content (AvgIpc) is 2.55. The zero-order valence-corrected chi connectivity index (χ0v) is 13.2. The van der Waals surface area contributed by atoms with Crippen molar-refractivity contribution in [1.29, 1.82) is 0 Å². The molecule has 122 valence electrons. The summed E-state index contributed by atoms with van der Waals surface area (Å²) in [6, 6.07) is 6.33. The highest BCUT2D eigenvalue weighted by Gasteiger charge is 2.15. The van der Waals surface area contributed by atoms with E-state index < -0.39 is 6.04 Å². The molecule has 0 aliphatic rings. The van der Waals surface area contributed by atoms with E-state index in [9.17, 15) is 14.4 Å². The minimum Gasteiger partial charge on any atom is -0.354 e. The van der Waals surface area contributed by atoms with Crippen molar-refractivity contribution in [2.75, 3.05) is 6.54 Å². The minimum absolute atomic E-state index is 0.0633. The number of nitrogens with zero attached hydrogens (tertiary/aromatic N) is 2. The number of carbonyl (C=O) groups excluding carboxylic acids is 2. The van der Waals surface area contributed by atoms with Crippen molar-refractivity contribution < 1.29 is 9.59 Å². The Kier molecular flexibility index (Phi) is 5.46. The van der Waals surface area contributed by atoms with E-state index in [0.29, 0.717) is 17.4 Å². The zero-order valence-electron chi connectivity index (χ0n) is 13.2. The van der Waals surface area contributed by atoms with Gasteiger partial charge >= 0.3 is 0 Å². The van der Waals surface area contributed by atoms with Crippen LogP contribution < -0.4 is 16.1 Å². The quantitative estimate of drug-likeness (QED) is 0.808. The van der Waals surface area contributed by atoms with Crippen LogP contribution in [0.1, 0.15) is 20.3 Å². The number of aromatic nitrogens is 2. The molecule has 1 aromatic heterocycles. The van der Waals surface area contributed by atoms with Crippen LogP contribution in [0.25, 0.3) is 10.9 Å². The summed E-state index contributed by atoms with van der Waals surface area (Å²) in [7, 11) is 0. The predicted molar refractivity (Wildman–Crippen MR) is 86.9 cm³/mol. The molecular formula is C16H20N4O3. The van der Waals surface area contributed by atoms with Crippen LogP contribution in [0.3, 0.4) is 0 Å². The minimum atomic E-state index is -0.625. The Morgan fingerprint density at radius 3 is 2.78 bits per heavy atom. The lowest BCUT2D eigenvalue weighted by atomic mass is 10.2. The van der Waals surface area contributed by atoms with E-state index in [1.165, 1.54) is 10.9 Å². The number of hydrogen-bond acceptors (Lipinski definition) is 4. The van der Waals surface area contributed by atoms with Gasteiger partial charge in [0.2, 0.25) is 17.2 Å². The third-order valence-corrected chi connectivity index (χ3v) is 3.38. The van der Waals surface area contributed by atoms with Crippen LogP contribution in [0.4, 0.5) is 0 Å². The summed E-state index contributed by atoms with van der Waals surface area (Å²) >= 11 is 0. The van der Waals surface area contributed by atoms with E-state index in [-0.39, 0.29) is 23.8 Å². The van der Waals surface area contributed by atoms with E-state index in [0.717, 1.165) is 6.42 Å². The van der Waals surface area contributed by atoms with Gasteiger partial charge in [-0.15, -0.1) is 0 Å². The summed E-state index contributed by atoms with van der Waals surface area (Å²) in [5.74, 6) is -0.566. The third kappa shape index (κ3) is 4.15. The van der Waals surface area contributed by atoms with Crippen molar-refractivity contribution in [3.63, 3.8) is 0 Å². The van der Waals surface area contributed by atoms with Crippen LogP contribution in [-0.2, 0) is 16.1 Å². The molecule has 2 aromatic rings. The number of rotatable bonds is 6. The predicted octanol–water partition coefficient (Wildman–Crippen LogP) is 0.427. The first-order chi connectivity index (χ1) is 11.0. The first-order valence-electron chi connectivity index (χ1n) is 7.55. The molecule has 0 aliphatic carbocycles. The fraction of sp³-hybridized carbons (Fsp3) is 0.375. The van der Waals surface area contributed by atoms with E-state index in [1.54, 1.807) is 31.2 Å². The maximum Gasteiger partial charge on any atom is 0.242 e.